The first-order chi connectivity index (χ1) is 8.58. The van der Waals surface area contributed by atoms with Crippen LogP contribution in [0.4, 0.5) is 5.69 Å². The van der Waals surface area contributed by atoms with E-state index in [-0.39, 0.29) is 5.97 Å². The van der Waals surface area contributed by atoms with Gasteiger partial charge in [0.15, 0.2) is 0 Å². The fourth-order valence-electron chi connectivity index (χ4n) is 1.93. The van der Waals surface area contributed by atoms with Gasteiger partial charge in [0.1, 0.15) is 5.69 Å². The maximum atomic E-state index is 11.8. The van der Waals surface area contributed by atoms with Crippen molar-refractivity contribution in [2.75, 3.05) is 19.0 Å². The predicted molar refractivity (Wildman–Crippen MR) is 81.1 cm³/mol. The van der Waals surface area contributed by atoms with Gasteiger partial charge >= 0.3 is 5.97 Å². The molecule has 2 rings (SSSR count). The van der Waals surface area contributed by atoms with E-state index in [1.165, 1.54) is 0 Å². The van der Waals surface area contributed by atoms with Crippen molar-refractivity contribution in [2.24, 2.45) is 7.05 Å². The van der Waals surface area contributed by atoms with E-state index in [0.29, 0.717) is 12.3 Å². The molecule has 0 aliphatic rings. The number of nitrogens with one attached hydrogen (secondary N) is 1. The summed E-state index contributed by atoms with van der Waals surface area (Å²) in [7, 11) is 3.76. The van der Waals surface area contributed by atoms with Gasteiger partial charge in [0.25, 0.3) is 0 Å². The molecule has 0 bridgehead atoms. The lowest BCUT2D eigenvalue weighted by atomic mass is 10.2. The molecule has 2 aromatic rings. The number of anilines is 1. The molecule has 0 amide bonds. The molecule has 5 heteroatoms. The van der Waals surface area contributed by atoms with E-state index >= 15 is 0 Å². The number of carbonyl (C=O) groups is 1. The summed E-state index contributed by atoms with van der Waals surface area (Å²) < 4.78 is 8.04. The standard InChI is InChI=1S/C13H15IN2O2/c1-4-18-13(17)12-7-9-10(14)5-8(15-2)6-11(9)16(12)3/h5-7,15H,4H2,1-3H3. The fourth-order valence-corrected chi connectivity index (χ4v) is 2.70. The molecule has 0 aliphatic carbocycles. The predicted octanol–water partition coefficient (Wildman–Crippen LogP) is 3.00. The monoisotopic (exact) mass is 358 g/mol. The smallest absolute Gasteiger partial charge is 0.354 e. The number of esters is 1. The molecular weight excluding hydrogens is 343 g/mol. The number of nitrogens with zero attached hydrogens (tertiary/aromatic N) is 1. The topological polar surface area (TPSA) is 43.3 Å². The summed E-state index contributed by atoms with van der Waals surface area (Å²) in [6.07, 6.45) is 0. The molecule has 0 atom stereocenters. The summed E-state index contributed by atoms with van der Waals surface area (Å²) in [4.78, 5) is 11.8. The minimum atomic E-state index is -0.280. The van der Waals surface area contributed by atoms with Crippen molar-refractivity contribution in [3.63, 3.8) is 0 Å². The zero-order valence-corrected chi connectivity index (χ0v) is 12.7. The van der Waals surface area contributed by atoms with Gasteiger partial charge in [0.2, 0.25) is 0 Å². The van der Waals surface area contributed by atoms with Gasteiger partial charge in [-0.25, -0.2) is 4.79 Å². The van der Waals surface area contributed by atoms with E-state index in [2.05, 4.69) is 34.0 Å². The molecule has 0 unspecified atom stereocenters. The van der Waals surface area contributed by atoms with Gasteiger partial charge in [-0.1, -0.05) is 0 Å². The Morgan fingerprint density at radius 3 is 2.78 bits per heavy atom. The van der Waals surface area contributed by atoms with Crippen LogP contribution in [0.15, 0.2) is 18.2 Å². The summed E-state index contributed by atoms with van der Waals surface area (Å²) in [6.45, 7) is 2.20. The van der Waals surface area contributed by atoms with Crippen LogP contribution >= 0.6 is 22.6 Å². The van der Waals surface area contributed by atoms with Crippen molar-refractivity contribution in [3.8, 4) is 0 Å². The number of hydrogen-bond donors (Lipinski definition) is 1. The van der Waals surface area contributed by atoms with Crippen LogP contribution in [-0.4, -0.2) is 24.2 Å². The second kappa shape index (κ2) is 5.17. The van der Waals surface area contributed by atoms with E-state index in [0.717, 1.165) is 20.2 Å². The largest absolute Gasteiger partial charge is 0.461 e. The first-order valence-electron chi connectivity index (χ1n) is 5.72. The molecule has 1 aromatic heterocycles. The number of halogens is 1. The average Bonchev–Trinajstić information content (AvgIpc) is 2.68. The van der Waals surface area contributed by atoms with Crippen molar-refractivity contribution in [2.45, 2.75) is 6.92 Å². The van der Waals surface area contributed by atoms with E-state index in [4.69, 9.17) is 4.74 Å². The van der Waals surface area contributed by atoms with Crippen LogP contribution in [0.2, 0.25) is 0 Å². The summed E-state index contributed by atoms with van der Waals surface area (Å²) in [6, 6.07) is 5.96. The maximum absolute atomic E-state index is 11.8. The first kappa shape index (κ1) is 13.2. The number of aryl methyl sites for hydroxylation is 1. The van der Waals surface area contributed by atoms with Gasteiger partial charge in [-0.15, -0.1) is 0 Å². The van der Waals surface area contributed by atoms with E-state index in [1.807, 2.05) is 37.7 Å². The Kier molecular flexibility index (Phi) is 3.79. The van der Waals surface area contributed by atoms with E-state index in [9.17, 15) is 4.79 Å². The fraction of sp³-hybridized carbons (Fsp3) is 0.308. The molecule has 0 fully saturated rings. The lowest BCUT2D eigenvalue weighted by Gasteiger charge is -2.05. The van der Waals surface area contributed by atoms with Gasteiger partial charge in [-0.2, -0.15) is 0 Å². The van der Waals surface area contributed by atoms with Crippen LogP contribution in [0.5, 0.6) is 0 Å². The molecule has 18 heavy (non-hydrogen) atoms. The highest BCUT2D eigenvalue weighted by Gasteiger charge is 2.16. The summed E-state index contributed by atoms with van der Waals surface area (Å²) >= 11 is 2.28. The van der Waals surface area contributed by atoms with Crippen molar-refractivity contribution >= 4 is 45.2 Å². The number of fused-ring (bicyclic) bond motifs is 1. The third kappa shape index (κ3) is 2.19. The molecule has 96 valence electrons. The highest BCUT2D eigenvalue weighted by atomic mass is 127. The van der Waals surface area contributed by atoms with Crippen molar-refractivity contribution < 1.29 is 9.53 Å². The summed E-state index contributed by atoms with van der Waals surface area (Å²) in [5.74, 6) is -0.280. The minimum absolute atomic E-state index is 0.280. The lowest BCUT2D eigenvalue weighted by Crippen LogP contribution is -2.09. The van der Waals surface area contributed by atoms with E-state index < -0.39 is 0 Å². The lowest BCUT2D eigenvalue weighted by molar-refractivity contribution is 0.0516. The quantitative estimate of drug-likeness (QED) is 0.678. The highest BCUT2D eigenvalue weighted by Crippen LogP contribution is 2.28. The Morgan fingerprint density at radius 2 is 2.17 bits per heavy atom. The Hall–Kier alpha value is -1.24. The Bertz CT molecular complexity index is 605. The van der Waals surface area contributed by atoms with Crippen LogP contribution in [0, 0.1) is 3.57 Å². The maximum Gasteiger partial charge on any atom is 0.354 e. The van der Waals surface area contributed by atoms with Crippen LogP contribution in [0.3, 0.4) is 0 Å². The molecule has 0 spiro atoms. The molecule has 0 radical (unpaired) electrons. The Labute approximate surface area is 119 Å². The first-order valence-corrected chi connectivity index (χ1v) is 6.80. The number of ether oxygens (including phenoxy) is 1. The van der Waals surface area contributed by atoms with Crippen LogP contribution in [-0.2, 0) is 11.8 Å². The zero-order valence-electron chi connectivity index (χ0n) is 10.6. The molecule has 1 aromatic carbocycles. The number of hydrogen-bond acceptors (Lipinski definition) is 3. The molecule has 1 heterocycles. The van der Waals surface area contributed by atoms with Gasteiger partial charge in [0, 0.05) is 28.7 Å². The van der Waals surface area contributed by atoms with Gasteiger partial charge in [-0.3, -0.25) is 0 Å². The van der Waals surface area contributed by atoms with Crippen LogP contribution < -0.4 is 5.32 Å². The van der Waals surface area contributed by atoms with Gasteiger partial charge in [-0.05, 0) is 47.7 Å². The SMILES string of the molecule is CCOC(=O)c1cc2c(I)cc(NC)cc2n1C. The van der Waals surface area contributed by atoms with Gasteiger partial charge < -0.3 is 14.6 Å². The van der Waals surface area contributed by atoms with Crippen molar-refractivity contribution in [3.05, 3.63) is 27.5 Å². The number of benzene rings is 1. The molecular formula is C13H15IN2O2. The molecule has 0 aliphatic heterocycles. The van der Waals surface area contributed by atoms with Crippen LogP contribution in [0.25, 0.3) is 10.9 Å². The molecule has 0 saturated heterocycles. The minimum Gasteiger partial charge on any atom is -0.461 e. The third-order valence-corrected chi connectivity index (χ3v) is 3.78. The number of carbonyl (C=O) groups excluding carboxylic acids is 1. The Balaban J connectivity index is 2.62. The number of aromatic nitrogens is 1. The van der Waals surface area contributed by atoms with Crippen LogP contribution in [0.1, 0.15) is 17.4 Å². The third-order valence-electron chi connectivity index (χ3n) is 2.88. The second-order valence-electron chi connectivity index (χ2n) is 3.95. The highest BCUT2D eigenvalue weighted by molar-refractivity contribution is 14.1. The van der Waals surface area contributed by atoms with E-state index in [1.54, 1.807) is 0 Å². The van der Waals surface area contributed by atoms with Gasteiger partial charge in [0.05, 0.1) is 12.1 Å². The molecule has 0 saturated carbocycles. The Morgan fingerprint density at radius 1 is 1.44 bits per heavy atom. The average molecular weight is 358 g/mol. The number of rotatable bonds is 3. The molecule has 4 nitrogen and oxygen atoms in total. The zero-order chi connectivity index (χ0) is 13.3. The van der Waals surface area contributed by atoms with Crippen molar-refractivity contribution in [1.82, 2.24) is 4.57 Å². The normalized spacial score (nSPS) is 10.7. The van der Waals surface area contributed by atoms with Crippen molar-refractivity contribution in [1.29, 1.82) is 0 Å². The second-order valence-corrected chi connectivity index (χ2v) is 5.11. The molecule has 1 N–H and O–H groups in total. The summed E-state index contributed by atoms with van der Waals surface area (Å²) in [5.41, 5.74) is 2.64. The summed E-state index contributed by atoms with van der Waals surface area (Å²) in [5, 5.41) is 4.19.